The fraction of sp³-hybridized carbons (Fsp3) is 0.235. The molecular formula is C17H19FN2O4S. The summed E-state index contributed by atoms with van der Waals surface area (Å²) in [5.74, 6) is -0.717. The Hall–Kier alpha value is -2.45. The van der Waals surface area contributed by atoms with Crippen molar-refractivity contribution in [3.63, 3.8) is 0 Å². The van der Waals surface area contributed by atoms with Gasteiger partial charge in [0, 0.05) is 25.3 Å². The van der Waals surface area contributed by atoms with E-state index in [0.717, 1.165) is 4.31 Å². The molecule has 0 radical (unpaired) electrons. The Morgan fingerprint density at radius 3 is 2.36 bits per heavy atom. The van der Waals surface area contributed by atoms with Crippen molar-refractivity contribution in [2.75, 3.05) is 26.0 Å². The van der Waals surface area contributed by atoms with E-state index in [-0.39, 0.29) is 16.2 Å². The van der Waals surface area contributed by atoms with Crippen LogP contribution in [0.1, 0.15) is 17.3 Å². The summed E-state index contributed by atoms with van der Waals surface area (Å²) < 4.78 is 44.3. The molecule has 134 valence electrons. The summed E-state index contributed by atoms with van der Waals surface area (Å²) in [6.45, 7) is 2.05. The number of amides is 1. The molecule has 0 fully saturated rings. The summed E-state index contributed by atoms with van der Waals surface area (Å²) in [5.41, 5.74) is 0.547. The van der Waals surface area contributed by atoms with E-state index in [9.17, 15) is 17.6 Å². The molecule has 1 amide bonds. The van der Waals surface area contributed by atoms with Crippen molar-refractivity contribution in [1.29, 1.82) is 0 Å². The van der Waals surface area contributed by atoms with Crippen molar-refractivity contribution >= 4 is 21.6 Å². The fourth-order valence-corrected chi connectivity index (χ4v) is 3.11. The van der Waals surface area contributed by atoms with E-state index in [4.69, 9.17) is 4.74 Å². The summed E-state index contributed by atoms with van der Waals surface area (Å²) >= 11 is 0. The van der Waals surface area contributed by atoms with Crippen molar-refractivity contribution in [3.8, 4) is 5.75 Å². The highest BCUT2D eigenvalue weighted by Crippen LogP contribution is 2.29. The molecule has 0 unspecified atom stereocenters. The molecule has 0 heterocycles. The van der Waals surface area contributed by atoms with Crippen LogP contribution >= 0.6 is 0 Å². The molecule has 25 heavy (non-hydrogen) atoms. The van der Waals surface area contributed by atoms with E-state index < -0.39 is 21.7 Å². The third-order valence-corrected chi connectivity index (χ3v) is 5.20. The number of carbonyl (C=O) groups excluding carboxylic acids is 1. The Morgan fingerprint density at radius 1 is 1.16 bits per heavy atom. The number of anilines is 1. The number of nitrogens with zero attached hydrogens (tertiary/aromatic N) is 1. The number of halogens is 1. The molecule has 6 nitrogen and oxygen atoms in total. The molecule has 0 atom stereocenters. The van der Waals surface area contributed by atoms with Gasteiger partial charge in [0.25, 0.3) is 5.91 Å². The van der Waals surface area contributed by atoms with Gasteiger partial charge in [-0.1, -0.05) is 0 Å². The lowest BCUT2D eigenvalue weighted by atomic mass is 10.2. The van der Waals surface area contributed by atoms with E-state index in [2.05, 4.69) is 5.32 Å². The summed E-state index contributed by atoms with van der Waals surface area (Å²) in [4.78, 5) is 12.2. The van der Waals surface area contributed by atoms with Gasteiger partial charge in [-0.3, -0.25) is 4.79 Å². The number of nitrogens with one attached hydrogen (secondary N) is 1. The zero-order valence-electron chi connectivity index (χ0n) is 14.1. The van der Waals surface area contributed by atoms with Crippen molar-refractivity contribution in [2.45, 2.75) is 11.8 Å². The quantitative estimate of drug-likeness (QED) is 0.853. The number of carbonyl (C=O) groups is 1. The van der Waals surface area contributed by atoms with Crippen LogP contribution in [0.25, 0.3) is 0 Å². The van der Waals surface area contributed by atoms with E-state index in [1.165, 1.54) is 50.5 Å². The van der Waals surface area contributed by atoms with E-state index in [1.807, 2.05) is 0 Å². The second-order valence-electron chi connectivity index (χ2n) is 5.34. The van der Waals surface area contributed by atoms with Crippen LogP contribution in [0.5, 0.6) is 5.75 Å². The predicted molar refractivity (Wildman–Crippen MR) is 92.8 cm³/mol. The van der Waals surface area contributed by atoms with Gasteiger partial charge in [0.1, 0.15) is 16.5 Å². The maximum atomic E-state index is 12.9. The lowest BCUT2D eigenvalue weighted by Crippen LogP contribution is -2.23. The number of ether oxygens (including phenoxy) is 1. The molecule has 2 rings (SSSR count). The van der Waals surface area contributed by atoms with Crippen molar-refractivity contribution in [1.82, 2.24) is 4.31 Å². The maximum Gasteiger partial charge on any atom is 0.255 e. The molecule has 0 saturated heterocycles. The molecule has 0 saturated carbocycles. The summed E-state index contributed by atoms with van der Waals surface area (Å²) in [6.07, 6.45) is 0. The first kappa shape index (κ1) is 18.9. The number of hydrogen-bond acceptors (Lipinski definition) is 4. The van der Waals surface area contributed by atoms with Gasteiger partial charge >= 0.3 is 0 Å². The van der Waals surface area contributed by atoms with Gasteiger partial charge in [-0.15, -0.1) is 0 Å². The minimum Gasteiger partial charge on any atom is -0.492 e. The molecule has 0 aliphatic carbocycles. The first-order valence-electron chi connectivity index (χ1n) is 7.52. The van der Waals surface area contributed by atoms with E-state index >= 15 is 0 Å². The topological polar surface area (TPSA) is 75.7 Å². The van der Waals surface area contributed by atoms with Gasteiger partial charge in [0.2, 0.25) is 10.0 Å². The van der Waals surface area contributed by atoms with Crippen LogP contribution in [0.15, 0.2) is 47.4 Å². The summed E-state index contributed by atoms with van der Waals surface area (Å²) in [5, 5.41) is 2.60. The average molecular weight is 366 g/mol. The van der Waals surface area contributed by atoms with Gasteiger partial charge in [0.05, 0.1) is 6.61 Å². The largest absolute Gasteiger partial charge is 0.492 e. The van der Waals surface area contributed by atoms with Crippen LogP contribution < -0.4 is 10.1 Å². The van der Waals surface area contributed by atoms with Gasteiger partial charge < -0.3 is 10.1 Å². The monoisotopic (exact) mass is 366 g/mol. The SMILES string of the molecule is CCOc1ccc(NC(=O)c2ccc(F)cc2)cc1S(=O)(=O)N(C)C. The first-order chi connectivity index (χ1) is 11.8. The van der Waals surface area contributed by atoms with Crippen LogP contribution in [0, 0.1) is 5.82 Å². The van der Waals surface area contributed by atoms with Crippen LogP contribution in [-0.4, -0.2) is 39.3 Å². The Balaban J connectivity index is 2.36. The minimum atomic E-state index is -3.75. The number of sulfonamides is 1. The molecular weight excluding hydrogens is 347 g/mol. The normalized spacial score (nSPS) is 11.4. The molecule has 2 aromatic rings. The van der Waals surface area contributed by atoms with E-state index in [1.54, 1.807) is 13.0 Å². The van der Waals surface area contributed by atoms with Crippen molar-refractivity contribution in [3.05, 3.63) is 53.8 Å². The molecule has 8 heteroatoms. The summed E-state index contributed by atoms with van der Waals surface area (Å²) in [7, 11) is -0.928. The third-order valence-electron chi connectivity index (χ3n) is 3.37. The standard InChI is InChI=1S/C17H19FN2O4S/c1-4-24-15-10-9-14(11-16(15)25(22,23)20(2)3)19-17(21)12-5-7-13(18)8-6-12/h5-11H,4H2,1-3H3,(H,19,21). The van der Waals surface area contributed by atoms with Crippen LogP contribution in [-0.2, 0) is 10.0 Å². The number of hydrogen-bond donors (Lipinski definition) is 1. The van der Waals surface area contributed by atoms with E-state index in [0.29, 0.717) is 12.3 Å². The molecule has 2 aromatic carbocycles. The molecule has 0 bridgehead atoms. The highest BCUT2D eigenvalue weighted by molar-refractivity contribution is 7.89. The molecule has 0 aliphatic rings. The highest BCUT2D eigenvalue weighted by Gasteiger charge is 2.23. The van der Waals surface area contributed by atoms with Gasteiger partial charge in [-0.25, -0.2) is 17.1 Å². The minimum absolute atomic E-state index is 0.0451. The highest BCUT2D eigenvalue weighted by atomic mass is 32.2. The van der Waals surface area contributed by atoms with Crippen LogP contribution in [0.2, 0.25) is 0 Å². The van der Waals surface area contributed by atoms with Gasteiger partial charge in [0.15, 0.2) is 0 Å². The maximum absolute atomic E-state index is 12.9. The molecule has 1 N–H and O–H groups in total. The molecule has 0 spiro atoms. The first-order valence-corrected chi connectivity index (χ1v) is 8.96. The van der Waals surface area contributed by atoms with Gasteiger partial charge in [-0.2, -0.15) is 0 Å². The smallest absolute Gasteiger partial charge is 0.255 e. The Labute approximate surface area is 146 Å². The van der Waals surface area contributed by atoms with Crippen LogP contribution in [0.4, 0.5) is 10.1 Å². The second kappa shape index (κ2) is 7.62. The Kier molecular flexibility index (Phi) is 5.76. The Morgan fingerprint density at radius 2 is 1.80 bits per heavy atom. The molecule has 0 aliphatic heterocycles. The molecule has 0 aromatic heterocycles. The zero-order chi connectivity index (χ0) is 18.6. The lowest BCUT2D eigenvalue weighted by Gasteiger charge is -2.16. The number of rotatable bonds is 6. The van der Waals surface area contributed by atoms with Crippen molar-refractivity contribution in [2.24, 2.45) is 0 Å². The fourth-order valence-electron chi connectivity index (χ4n) is 2.06. The van der Waals surface area contributed by atoms with Crippen molar-refractivity contribution < 1.29 is 22.3 Å². The second-order valence-corrected chi connectivity index (χ2v) is 7.46. The zero-order valence-corrected chi connectivity index (χ0v) is 14.9. The predicted octanol–water partition coefficient (Wildman–Crippen LogP) is 2.73. The summed E-state index contributed by atoms with van der Waals surface area (Å²) in [6, 6.07) is 9.40. The third kappa shape index (κ3) is 4.34. The van der Waals surface area contributed by atoms with Crippen LogP contribution in [0.3, 0.4) is 0 Å². The van der Waals surface area contributed by atoms with Gasteiger partial charge in [-0.05, 0) is 49.4 Å². The average Bonchev–Trinajstić information content (AvgIpc) is 2.56. The Bertz CT molecular complexity index is 865. The number of benzene rings is 2. The lowest BCUT2D eigenvalue weighted by molar-refractivity contribution is 0.102.